The third-order valence-electron chi connectivity index (χ3n) is 3.96. The summed E-state index contributed by atoms with van der Waals surface area (Å²) in [4.78, 5) is 12.8. The number of ether oxygens (including phenoxy) is 1. The van der Waals surface area contributed by atoms with Crippen molar-refractivity contribution >= 4 is 23.0 Å². The number of nitro groups is 1. The van der Waals surface area contributed by atoms with Gasteiger partial charge in [0.2, 0.25) is 0 Å². The maximum absolute atomic E-state index is 11.4. The monoisotopic (exact) mass is 343 g/mol. The second kappa shape index (κ2) is 6.87. The lowest BCUT2D eigenvalue weighted by molar-refractivity contribution is -0.384. The maximum Gasteiger partial charge on any atom is 0.293 e. The third kappa shape index (κ3) is 3.18. The molecule has 1 aliphatic heterocycles. The fourth-order valence-corrected chi connectivity index (χ4v) is 3.06. The molecule has 2 aromatic rings. The summed E-state index contributed by atoms with van der Waals surface area (Å²) < 4.78 is 5.79. The van der Waals surface area contributed by atoms with Crippen LogP contribution in [0.1, 0.15) is 17.2 Å². The van der Waals surface area contributed by atoms with Gasteiger partial charge in [-0.1, -0.05) is 29.8 Å². The van der Waals surface area contributed by atoms with Gasteiger partial charge in [0.15, 0.2) is 0 Å². The zero-order valence-corrected chi connectivity index (χ0v) is 13.4. The van der Waals surface area contributed by atoms with Crippen LogP contribution >= 0.6 is 11.6 Å². The summed E-state index contributed by atoms with van der Waals surface area (Å²) in [6, 6.07) is 13.8. The number of nitro benzene ring substituents is 1. The lowest BCUT2D eigenvalue weighted by Gasteiger charge is -2.34. The van der Waals surface area contributed by atoms with Gasteiger partial charge in [-0.3, -0.25) is 10.1 Å². The Morgan fingerprint density at radius 1 is 1.33 bits per heavy atom. The Bertz CT molecular complexity index is 819. The normalized spacial score (nSPS) is 17.3. The van der Waals surface area contributed by atoms with Gasteiger partial charge in [-0.25, -0.2) is 0 Å². The Labute approximate surface area is 144 Å². The molecule has 6 nitrogen and oxygen atoms in total. The van der Waals surface area contributed by atoms with Crippen LogP contribution in [0.3, 0.4) is 0 Å². The molecule has 24 heavy (non-hydrogen) atoms. The van der Waals surface area contributed by atoms with Crippen LogP contribution in [0, 0.1) is 21.4 Å². The van der Waals surface area contributed by atoms with E-state index in [0.29, 0.717) is 30.4 Å². The van der Waals surface area contributed by atoms with E-state index in [1.54, 1.807) is 18.2 Å². The first-order chi connectivity index (χ1) is 11.6. The second-order valence-electron chi connectivity index (χ2n) is 5.40. The third-order valence-corrected chi connectivity index (χ3v) is 4.30. The van der Waals surface area contributed by atoms with Gasteiger partial charge in [0, 0.05) is 29.7 Å². The highest BCUT2D eigenvalue weighted by molar-refractivity contribution is 6.31. The van der Waals surface area contributed by atoms with Gasteiger partial charge in [-0.2, -0.15) is 5.26 Å². The molecule has 1 atom stereocenters. The first-order valence-electron chi connectivity index (χ1n) is 7.39. The lowest BCUT2D eigenvalue weighted by atomic mass is 10.1. The zero-order valence-electron chi connectivity index (χ0n) is 12.7. The van der Waals surface area contributed by atoms with Crippen LogP contribution in [0.5, 0.6) is 0 Å². The van der Waals surface area contributed by atoms with E-state index in [9.17, 15) is 10.1 Å². The van der Waals surface area contributed by atoms with Gasteiger partial charge in [-0.15, -0.1) is 0 Å². The predicted molar refractivity (Wildman–Crippen MR) is 90.2 cm³/mol. The molecule has 7 heteroatoms. The minimum Gasteiger partial charge on any atom is -0.370 e. The summed E-state index contributed by atoms with van der Waals surface area (Å²) in [7, 11) is 0. The van der Waals surface area contributed by atoms with Gasteiger partial charge in [-0.05, 0) is 18.2 Å². The smallest absolute Gasteiger partial charge is 0.293 e. The van der Waals surface area contributed by atoms with Crippen LogP contribution < -0.4 is 4.90 Å². The first kappa shape index (κ1) is 16.2. The van der Waals surface area contributed by atoms with Crippen molar-refractivity contribution in [2.45, 2.75) is 6.10 Å². The van der Waals surface area contributed by atoms with Gasteiger partial charge in [0.1, 0.15) is 11.8 Å². The standard InChI is InChI=1S/C17H14ClN3O3/c18-14-4-2-1-3-13(14)17-11-20(7-8-24-17)15-6-5-12(10-19)9-16(15)21(22)23/h1-6,9,17H,7-8,11H2. The quantitative estimate of drug-likeness (QED) is 0.627. The first-order valence-corrected chi connectivity index (χ1v) is 7.77. The van der Waals surface area contributed by atoms with Crippen molar-refractivity contribution in [3.63, 3.8) is 0 Å². The van der Waals surface area contributed by atoms with Crippen LogP contribution in [0.25, 0.3) is 0 Å². The molecule has 2 aromatic carbocycles. The van der Waals surface area contributed by atoms with E-state index in [4.69, 9.17) is 21.6 Å². The Hall–Kier alpha value is -2.62. The molecule has 1 saturated heterocycles. The van der Waals surface area contributed by atoms with Crippen LogP contribution in [-0.4, -0.2) is 24.6 Å². The molecule has 0 saturated carbocycles. The topological polar surface area (TPSA) is 79.4 Å². The van der Waals surface area contributed by atoms with Crippen molar-refractivity contribution in [2.24, 2.45) is 0 Å². The number of benzene rings is 2. The van der Waals surface area contributed by atoms with Gasteiger partial charge in [0.05, 0.1) is 23.2 Å². The summed E-state index contributed by atoms with van der Waals surface area (Å²) in [5.41, 5.74) is 1.54. The van der Waals surface area contributed by atoms with E-state index in [2.05, 4.69) is 0 Å². The van der Waals surface area contributed by atoms with E-state index in [1.165, 1.54) is 6.07 Å². The Morgan fingerprint density at radius 2 is 2.12 bits per heavy atom. The molecule has 0 aliphatic carbocycles. The molecule has 122 valence electrons. The highest BCUT2D eigenvalue weighted by atomic mass is 35.5. The highest BCUT2D eigenvalue weighted by Gasteiger charge is 2.28. The number of hydrogen-bond donors (Lipinski definition) is 0. The molecule has 0 aromatic heterocycles. The number of morpholine rings is 1. The van der Waals surface area contributed by atoms with Crippen molar-refractivity contribution in [1.29, 1.82) is 5.26 Å². The zero-order chi connectivity index (χ0) is 17.1. The molecule has 0 N–H and O–H groups in total. The van der Waals surface area contributed by atoms with Crippen molar-refractivity contribution in [3.05, 3.63) is 68.7 Å². The molecule has 1 heterocycles. The molecule has 1 fully saturated rings. The van der Waals surface area contributed by atoms with Crippen molar-refractivity contribution in [1.82, 2.24) is 0 Å². The Balaban J connectivity index is 1.92. The fraction of sp³-hybridized carbons (Fsp3) is 0.235. The van der Waals surface area contributed by atoms with Gasteiger partial charge < -0.3 is 9.64 Å². The summed E-state index contributed by atoms with van der Waals surface area (Å²) >= 11 is 6.23. The van der Waals surface area contributed by atoms with Crippen LogP contribution in [0.15, 0.2) is 42.5 Å². The fourth-order valence-electron chi connectivity index (χ4n) is 2.80. The number of nitrogens with zero attached hydrogens (tertiary/aromatic N) is 3. The maximum atomic E-state index is 11.4. The lowest BCUT2D eigenvalue weighted by Crippen LogP contribution is -2.38. The largest absolute Gasteiger partial charge is 0.370 e. The Kier molecular flexibility index (Phi) is 4.65. The second-order valence-corrected chi connectivity index (χ2v) is 5.81. The molecule has 0 radical (unpaired) electrons. The summed E-state index contributed by atoms with van der Waals surface area (Å²) in [6.07, 6.45) is -0.261. The van der Waals surface area contributed by atoms with Crippen molar-refractivity contribution in [3.8, 4) is 6.07 Å². The van der Waals surface area contributed by atoms with E-state index in [0.717, 1.165) is 5.56 Å². The minimum atomic E-state index is -0.462. The molecular weight excluding hydrogens is 330 g/mol. The molecule has 3 rings (SSSR count). The van der Waals surface area contributed by atoms with Crippen LogP contribution in [0.4, 0.5) is 11.4 Å². The molecule has 1 aliphatic rings. The SMILES string of the molecule is N#Cc1ccc(N2CCOC(c3ccccc3Cl)C2)c([N+](=O)[O-])c1. The Morgan fingerprint density at radius 3 is 2.83 bits per heavy atom. The number of halogens is 1. The van der Waals surface area contributed by atoms with E-state index >= 15 is 0 Å². The number of nitriles is 1. The number of hydrogen-bond acceptors (Lipinski definition) is 5. The van der Waals surface area contributed by atoms with Crippen LogP contribution in [0.2, 0.25) is 5.02 Å². The molecule has 1 unspecified atom stereocenters. The number of anilines is 1. The molecule has 0 bridgehead atoms. The summed E-state index contributed by atoms with van der Waals surface area (Å²) in [5.74, 6) is 0. The van der Waals surface area contributed by atoms with Crippen LogP contribution in [-0.2, 0) is 4.74 Å². The predicted octanol–water partition coefficient (Wildman–Crippen LogP) is 3.70. The highest BCUT2D eigenvalue weighted by Crippen LogP contribution is 2.34. The van der Waals surface area contributed by atoms with E-state index < -0.39 is 4.92 Å². The average molecular weight is 344 g/mol. The summed E-state index contributed by atoms with van der Waals surface area (Å²) in [6.45, 7) is 1.43. The number of rotatable bonds is 3. The summed E-state index contributed by atoms with van der Waals surface area (Å²) in [5, 5.41) is 20.9. The van der Waals surface area contributed by atoms with Crippen molar-refractivity contribution < 1.29 is 9.66 Å². The molecular formula is C17H14ClN3O3. The minimum absolute atomic E-state index is 0.0751. The average Bonchev–Trinajstić information content (AvgIpc) is 2.61. The van der Waals surface area contributed by atoms with Crippen molar-refractivity contribution in [2.75, 3.05) is 24.6 Å². The van der Waals surface area contributed by atoms with Gasteiger partial charge >= 0.3 is 0 Å². The van der Waals surface area contributed by atoms with E-state index in [1.807, 2.05) is 29.2 Å². The molecule has 0 spiro atoms. The molecule has 0 amide bonds. The van der Waals surface area contributed by atoms with Gasteiger partial charge in [0.25, 0.3) is 5.69 Å². The van der Waals surface area contributed by atoms with E-state index in [-0.39, 0.29) is 17.4 Å².